The molecule has 0 saturated carbocycles. The van der Waals surface area contributed by atoms with E-state index in [-0.39, 0.29) is 17.4 Å². The molecule has 21 heavy (non-hydrogen) atoms. The number of nitrogens with two attached hydrogens (primary N) is 1. The van der Waals surface area contributed by atoms with E-state index in [2.05, 4.69) is 26.1 Å². The first-order valence-electron chi connectivity index (χ1n) is 7.48. The van der Waals surface area contributed by atoms with Gasteiger partial charge in [-0.15, -0.1) is 0 Å². The van der Waals surface area contributed by atoms with Crippen molar-refractivity contribution in [3.63, 3.8) is 0 Å². The van der Waals surface area contributed by atoms with E-state index in [1.165, 1.54) is 0 Å². The molecule has 3 N–H and O–H groups in total. The van der Waals surface area contributed by atoms with Gasteiger partial charge in [-0.1, -0.05) is 26.8 Å². The standard InChI is InChI=1S/C17H28N2O2/c1-12(18)7-6-8-16(20)19-14-11-13(17(2,3)4)9-10-15(14)21-5/h9-12H,6-8,18H2,1-5H3,(H,19,20). The van der Waals surface area contributed by atoms with Gasteiger partial charge in [0.2, 0.25) is 5.91 Å². The molecule has 1 aromatic carbocycles. The lowest BCUT2D eigenvalue weighted by Gasteiger charge is -2.21. The zero-order valence-corrected chi connectivity index (χ0v) is 13.8. The fourth-order valence-corrected chi connectivity index (χ4v) is 2.07. The molecule has 1 unspecified atom stereocenters. The summed E-state index contributed by atoms with van der Waals surface area (Å²) in [6, 6.07) is 6.06. The molecule has 4 heteroatoms. The molecule has 0 aromatic heterocycles. The first-order chi connectivity index (χ1) is 9.74. The van der Waals surface area contributed by atoms with Crippen molar-refractivity contribution in [2.24, 2.45) is 5.73 Å². The Morgan fingerprint density at radius 2 is 2.05 bits per heavy atom. The molecule has 0 radical (unpaired) electrons. The predicted molar refractivity (Wildman–Crippen MR) is 87.8 cm³/mol. The van der Waals surface area contributed by atoms with Crippen LogP contribution < -0.4 is 15.8 Å². The van der Waals surface area contributed by atoms with Crippen LogP contribution in [0.25, 0.3) is 0 Å². The third kappa shape index (κ3) is 5.76. The van der Waals surface area contributed by atoms with Crippen molar-refractivity contribution in [2.45, 2.75) is 58.4 Å². The van der Waals surface area contributed by atoms with Gasteiger partial charge in [-0.2, -0.15) is 0 Å². The number of amides is 1. The number of anilines is 1. The van der Waals surface area contributed by atoms with Gasteiger partial charge in [0.25, 0.3) is 0 Å². The first-order valence-corrected chi connectivity index (χ1v) is 7.48. The number of rotatable bonds is 6. The van der Waals surface area contributed by atoms with E-state index in [9.17, 15) is 4.79 Å². The van der Waals surface area contributed by atoms with Gasteiger partial charge in [0.05, 0.1) is 12.8 Å². The van der Waals surface area contributed by atoms with Crippen LogP contribution in [0.5, 0.6) is 5.75 Å². The van der Waals surface area contributed by atoms with Crippen LogP contribution in [-0.4, -0.2) is 19.1 Å². The highest BCUT2D eigenvalue weighted by molar-refractivity contribution is 5.92. The smallest absolute Gasteiger partial charge is 0.224 e. The van der Waals surface area contributed by atoms with Crippen molar-refractivity contribution in [1.29, 1.82) is 0 Å². The number of methoxy groups -OCH3 is 1. The summed E-state index contributed by atoms with van der Waals surface area (Å²) in [4.78, 5) is 12.0. The second kappa shape index (κ2) is 7.46. The number of hydrogen-bond acceptors (Lipinski definition) is 3. The zero-order chi connectivity index (χ0) is 16.0. The van der Waals surface area contributed by atoms with Gasteiger partial charge in [-0.25, -0.2) is 0 Å². The Bertz CT molecular complexity index is 476. The summed E-state index contributed by atoms with van der Waals surface area (Å²) < 4.78 is 5.32. The largest absolute Gasteiger partial charge is 0.495 e. The number of carbonyl (C=O) groups is 1. The van der Waals surface area contributed by atoms with Crippen LogP contribution in [0.15, 0.2) is 18.2 Å². The van der Waals surface area contributed by atoms with E-state index in [0.29, 0.717) is 12.2 Å². The number of carbonyl (C=O) groups excluding carboxylic acids is 1. The fourth-order valence-electron chi connectivity index (χ4n) is 2.07. The summed E-state index contributed by atoms with van der Waals surface area (Å²) in [6.45, 7) is 8.38. The summed E-state index contributed by atoms with van der Waals surface area (Å²) in [5.74, 6) is 0.684. The van der Waals surface area contributed by atoms with E-state index < -0.39 is 0 Å². The molecule has 1 aromatic rings. The van der Waals surface area contributed by atoms with Crippen molar-refractivity contribution in [3.8, 4) is 5.75 Å². The van der Waals surface area contributed by atoms with Gasteiger partial charge < -0.3 is 15.8 Å². The molecule has 1 rings (SSSR count). The average Bonchev–Trinajstić information content (AvgIpc) is 2.37. The Morgan fingerprint density at radius 1 is 1.38 bits per heavy atom. The number of nitrogens with one attached hydrogen (secondary N) is 1. The Balaban J connectivity index is 2.78. The summed E-state index contributed by atoms with van der Waals surface area (Å²) in [6.07, 6.45) is 2.13. The monoisotopic (exact) mass is 292 g/mol. The third-order valence-electron chi connectivity index (χ3n) is 3.40. The van der Waals surface area contributed by atoms with Crippen LogP contribution in [0, 0.1) is 0 Å². The molecule has 0 heterocycles. The van der Waals surface area contributed by atoms with Crippen molar-refractivity contribution in [3.05, 3.63) is 23.8 Å². The first kappa shape index (κ1) is 17.5. The minimum absolute atomic E-state index is 0.00000850. The second-order valence-corrected chi connectivity index (χ2v) is 6.58. The van der Waals surface area contributed by atoms with E-state index in [1.54, 1.807) is 7.11 Å². The fraction of sp³-hybridized carbons (Fsp3) is 0.588. The van der Waals surface area contributed by atoms with Crippen LogP contribution in [-0.2, 0) is 10.2 Å². The third-order valence-corrected chi connectivity index (χ3v) is 3.40. The van der Waals surface area contributed by atoms with Crippen molar-refractivity contribution < 1.29 is 9.53 Å². The molecule has 0 saturated heterocycles. The topological polar surface area (TPSA) is 64.3 Å². The second-order valence-electron chi connectivity index (χ2n) is 6.58. The van der Waals surface area contributed by atoms with Crippen molar-refractivity contribution in [2.75, 3.05) is 12.4 Å². The van der Waals surface area contributed by atoms with Gasteiger partial charge in [-0.05, 0) is 42.9 Å². The van der Waals surface area contributed by atoms with E-state index in [4.69, 9.17) is 10.5 Å². The van der Waals surface area contributed by atoms with Crippen LogP contribution >= 0.6 is 0 Å². The molecule has 1 amide bonds. The molecule has 4 nitrogen and oxygen atoms in total. The zero-order valence-electron chi connectivity index (χ0n) is 13.8. The SMILES string of the molecule is COc1ccc(C(C)(C)C)cc1NC(=O)CCCC(C)N. The van der Waals surface area contributed by atoms with E-state index in [0.717, 1.165) is 24.1 Å². The average molecular weight is 292 g/mol. The van der Waals surface area contributed by atoms with E-state index >= 15 is 0 Å². The molecule has 0 spiro atoms. The number of hydrogen-bond donors (Lipinski definition) is 2. The maximum atomic E-state index is 12.0. The molecule has 0 aliphatic rings. The Hall–Kier alpha value is -1.55. The van der Waals surface area contributed by atoms with Crippen LogP contribution in [0.4, 0.5) is 5.69 Å². The molecule has 0 fully saturated rings. The minimum atomic E-state index is 0.00000850. The number of benzene rings is 1. The molecule has 1 atom stereocenters. The summed E-state index contributed by atoms with van der Waals surface area (Å²) >= 11 is 0. The van der Waals surface area contributed by atoms with E-state index in [1.807, 2.05) is 25.1 Å². The summed E-state index contributed by atoms with van der Waals surface area (Å²) in [5.41, 5.74) is 7.61. The Morgan fingerprint density at radius 3 is 2.57 bits per heavy atom. The highest BCUT2D eigenvalue weighted by Crippen LogP contribution is 2.31. The van der Waals surface area contributed by atoms with Crippen molar-refractivity contribution in [1.82, 2.24) is 0 Å². The highest BCUT2D eigenvalue weighted by atomic mass is 16.5. The quantitative estimate of drug-likeness (QED) is 0.844. The van der Waals surface area contributed by atoms with Gasteiger partial charge in [0, 0.05) is 12.5 Å². The van der Waals surface area contributed by atoms with Gasteiger partial charge in [0.15, 0.2) is 0 Å². The predicted octanol–water partition coefficient (Wildman–Crippen LogP) is 3.45. The lowest BCUT2D eigenvalue weighted by atomic mass is 9.87. The maximum Gasteiger partial charge on any atom is 0.224 e. The molecule has 0 bridgehead atoms. The van der Waals surface area contributed by atoms with Crippen LogP contribution in [0.3, 0.4) is 0 Å². The van der Waals surface area contributed by atoms with Crippen molar-refractivity contribution >= 4 is 11.6 Å². The number of ether oxygens (including phenoxy) is 1. The summed E-state index contributed by atoms with van der Waals surface area (Å²) in [7, 11) is 1.61. The molecule has 0 aliphatic carbocycles. The molecule has 0 aliphatic heterocycles. The lowest BCUT2D eigenvalue weighted by Crippen LogP contribution is -2.17. The molecular formula is C17H28N2O2. The maximum absolute atomic E-state index is 12.0. The van der Waals surface area contributed by atoms with Gasteiger partial charge >= 0.3 is 0 Å². The van der Waals surface area contributed by atoms with Gasteiger partial charge in [0.1, 0.15) is 5.75 Å². The lowest BCUT2D eigenvalue weighted by molar-refractivity contribution is -0.116. The normalized spacial score (nSPS) is 12.9. The Labute approximate surface area is 128 Å². The molecular weight excluding hydrogens is 264 g/mol. The van der Waals surface area contributed by atoms with Gasteiger partial charge in [-0.3, -0.25) is 4.79 Å². The highest BCUT2D eigenvalue weighted by Gasteiger charge is 2.16. The summed E-state index contributed by atoms with van der Waals surface area (Å²) in [5, 5.41) is 2.94. The Kier molecular flexibility index (Phi) is 6.21. The van der Waals surface area contributed by atoms with Crippen LogP contribution in [0.1, 0.15) is 52.5 Å². The minimum Gasteiger partial charge on any atom is -0.495 e. The molecule has 118 valence electrons. The van der Waals surface area contributed by atoms with Crippen LogP contribution in [0.2, 0.25) is 0 Å².